The first-order chi connectivity index (χ1) is 10.1. The fourth-order valence-corrected chi connectivity index (χ4v) is 1.78. The van der Waals surface area contributed by atoms with E-state index in [1.807, 2.05) is 44.2 Å². The molecule has 0 radical (unpaired) electrons. The predicted molar refractivity (Wildman–Crippen MR) is 82.3 cm³/mol. The van der Waals surface area contributed by atoms with E-state index < -0.39 is 0 Å². The minimum absolute atomic E-state index is 0.0476. The topological polar surface area (TPSA) is 63.2 Å². The Hall–Kier alpha value is -2.56. The van der Waals surface area contributed by atoms with E-state index in [2.05, 4.69) is 15.6 Å². The molecule has 0 fully saturated rings. The zero-order valence-corrected chi connectivity index (χ0v) is 12.2. The molecule has 5 nitrogen and oxygen atoms in total. The van der Waals surface area contributed by atoms with Crippen LogP contribution in [0.3, 0.4) is 0 Å². The number of ether oxygens (including phenoxy) is 1. The number of rotatable bonds is 5. The number of benzene rings is 1. The van der Waals surface area contributed by atoms with Gasteiger partial charge in [0.1, 0.15) is 5.75 Å². The number of carbonyl (C=O) groups is 1. The lowest BCUT2D eigenvalue weighted by Crippen LogP contribution is -2.28. The number of nitrogens with one attached hydrogen (secondary N) is 2. The van der Waals surface area contributed by atoms with E-state index in [1.54, 1.807) is 18.5 Å². The largest absolute Gasteiger partial charge is 0.489 e. The molecule has 2 rings (SSSR count). The summed E-state index contributed by atoms with van der Waals surface area (Å²) in [6, 6.07) is 10.8. The molecule has 1 heterocycles. The molecule has 5 heteroatoms. The second kappa shape index (κ2) is 7.28. The summed E-state index contributed by atoms with van der Waals surface area (Å²) in [5.41, 5.74) is 1.59. The van der Waals surface area contributed by atoms with Crippen molar-refractivity contribution in [2.24, 2.45) is 0 Å². The normalized spacial score (nSPS) is 10.2. The maximum Gasteiger partial charge on any atom is 0.319 e. The third-order valence-electron chi connectivity index (χ3n) is 2.67. The molecule has 0 aliphatic heterocycles. The summed E-state index contributed by atoms with van der Waals surface area (Å²) in [4.78, 5) is 15.9. The minimum atomic E-state index is -0.279. The Balaban J connectivity index is 1.93. The first-order valence-corrected chi connectivity index (χ1v) is 6.84. The number of pyridine rings is 1. The van der Waals surface area contributed by atoms with E-state index in [-0.39, 0.29) is 12.1 Å². The van der Waals surface area contributed by atoms with Crippen LogP contribution in [0.15, 0.2) is 48.8 Å². The number of nitrogens with zero attached hydrogens (tertiary/aromatic N) is 1. The third kappa shape index (κ3) is 4.80. The fourth-order valence-electron chi connectivity index (χ4n) is 1.78. The number of amides is 2. The molecule has 0 saturated carbocycles. The monoisotopic (exact) mass is 285 g/mol. The first kappa shape index (κ1) is 14.8. The van der Waals surface area contributed by atoms with Crippen LogP contribution in [-0.4, -0.2) is 17.1 Å². The number of urea groups is 1. The molecule has 1 aromatic heterocycles. The SMILES string of the molecule is CC(C)Oc1ccccc1NC(=O)NCc1cccnc1. The molecule has 2 N–H and O–H groups in total. The zero-order chi connectivity index (χ0) is 15.1. The van der Waals surface area contributed by atoms with Gasteiger partial charge in [-0.15, -0.1) is 0 Å². The highest BCUT2D eigenvalue weighted by molar-refractivity contribution is 5.90. The Bertz CT molecular complexity index is 585. The van der Waals surface area contributed by atoms with Crippen molar-refractivity contribution in [3.05, 3.63) is 54.4 Å². The van der Waals surface area contributed by atoms with Crippen molar-refractivity contribution in [1.29, 1.82) is 0 Å². The van der Waals surface area contributed by atoms with Gasteiger partial charge in [0.05, 0.1) is 11.8 Å². The highest BCUT2D eigenvalue weighted by Crippen LogP contribution is 2.24. The van der Waals surface area contributed by atoms with Crippen molar-refractivity contribution in [2.45, 2.75) is 26.5 Å². The van der Waals surface area contributed by atoms with Crippen LogP contribution in [0.25, 0.3) is 0 Å². The lowest BCUT2D eigenvalue weighted by Gasteiger charge is -2.15. The molecule has 1 aromatic carbocycles. The first-order valence-electron chi connectivity index (χ1n) is 6.84. The van der Waals surface area contributed by atoms with Gasteiger partial charge in [-0.2, -0.15) is 0 Å². The van der Waals surface area contributed by atoms with Crippen LogP contribution < -0.4 is 15.4 Å². The van der Waals surface area contributed by atoms with Crippen LogP contribution in [0.1, 0.15) is 19.4 Å². The third-order valence-corrected chi connectivity index (χ3v) is 2.67. The van der Waals surface area contributed by atoms with Gasteiger partial charge >= 0.3 is 6.03 Å². The number of anilines is 1. The average molecular weight is 285 g/mol. The highest BCUT2D eigenvalue weighted by atomic mass is 16.5. The molecule has 0 atom stereocenters. The molecule has 2 aromatic rings. The molecule has 2 amide bonds. The molecule has 110 valence electrons. The molecule has 21 heavy (non-hydrogen) atoms. The highest BCUT2D eigenvalue weighted by Gasteiger charge is 2.08. The number of para-hydroxylation sites is 2. The Morgan fingerprint density at radius 1 is 1.24 bits per heavy atom. The summed E-state index contributed by atoms with van der Waals surface area (Å²) in [7, 11) is 0. The van der Waals surface area contributed by atoms with Crippen LogP contribution >= 0.6 is 0 Å². The lowest BCUT2D eigenvalue weighted by atomic mass is 10.3. The van der Waals surface area contributed by atoms with Gasteiger partial charge < -0.3 is 15.4 Å². The van der Waals surface area contributed by atoms with E-state index >= 15 is 0 Å². The van der Waals surface area contributed by atoms with Gasteiger partial charge in [0.25, 0.3) is 0 Å². The van der Waals surface area contributed by atoms with Crippen molar-refractivity contribution in [2.75, 3.05) is 5.32 Å². The summed E-state index contributed by atoms with van der Waals surface area (Å²) < 4.78 is 5.66. The summed E-state index contributed by atoms with van der Waals surface area (Å²) in [6.45, 7) is 4.31. The quantitative estimate of drug-likeness (QED) is 0.886. The Morgan fingerprint density at radius 2 is 2.05 bits per heavy atom. The van der Waals surface area contributed by atoms with E-state index in [1.165, 1.54) is 0 Å². The second-order valence-corrected chi connectivity index (χ2v) is 4.83. The molecule has 0 bridgehead atoms. The van der Waals surface area contributed by atoms with Crippen molar-refractivity contribution in [1.82, 2.24) is 10.3 Å². The lowest BCUT2D eigenvalue weighted by molar-refractivity contribution is 0.241. The molecule has 0 spiro atoms. The fraction of sp³-hybridized carbons (Fsp3) is 0.250. The van der Waals surface area contributed by atoms with Crippen LogP contribution in [0.2, 0.25) is 0 Å². The number of aromatic nitrogens is 1. The van der Waals surface area contributed by atoms with Gasteiger partial charge in [0.2, 0.25) is 0 Å². The standard InChI is InChI=1S/C16H19N3O2/c1-12(2)21-15-8-4-3-7-14(15)19-16(20)18-11-13-6-5-9-17-10-13/h3-10,12H,11H2,1-2H3,(H2,18,19,20). The van der Waals surface area contributed by atoms with E-state index in [9.17, 15) is 4.79 Å². The van der Waals surface area contributed by atoms with Gasteiger partial charge in [0.15, 0.2) is 0 Å². The summed E-state index contributed by atoms with van der Waals surface area (Å²) in [5, 5.41) is 5.57. The maximum atomic E-state index is 11.9. The summed E-state index contributed by atoms with van der Waals surface area (Å²) >= 11 is 0. The van der Waals surface area contributed by atoms with Gasteiger partial charge in [-0.1, -0.05) is 18.2 Å². The molecular formula is C16H19N3O2. The van der Waals surface area contributed by atoms with Gasteiger partial charge in [-0.05, 0) is 37.6 Å². The molecular weight excluding hydrogens is 266 g/mol. The summed E-state index contributed by atoms with van der Waals surface area (Å²) in [5.74, 6) is 0.657. The van der Waals surface area contributed by atoms with Gasteiger partial charge in [-0.25, -0.2) is 4.79 Å². The van der Waals surface area contributed by atoms with Gasteiger partial charge in [-0.3, -0.25) is 4.98 Å². The summed E-state index contributed by atoms with van der Waals surface area (Å²) in [6.07, 6.45) is 3.46. The smallest absolute Gasteiger partial charge is 0.319 e. The van der Waals surface area contributed by atoms with Crippen molar-refractivity contribution < 1.29 is 9.53 Å². The Morgan fingerprint density at radius 3 is 2.76 bits per heavy atom. The van der Waals surface area contributed by atoms with E-state index in [0.717, 1.165) is 5.56 Å². The predicted octanol–water partition coefficient (Wildman–Crippen LogP) is 3.19. The second-order valence-electron chi connectivity index (χ2n) is 4.83. The molecule has 0 aliphatic carbocycles. The maximum absolute atomic E-state index is 11.9. The molecule has 0 saturated heterocycles. The van der Waals surface area contributed by atoms with Crippen molar-refractivity contribution in [3.8, 4) is 5.75 Å². The molecule has 0 unspecified atom stereocenters. The average Bonchev–Trinajstić information content (AvgIpc) is 2.48. The minimum Gasteiger partial charge on any atom is -0.489 e. The van der Waals surface area contributed by atoms with E-state index in [4.69, 9.17) is 4.74 Å². The number of hydrogen-bond acceptors (Lipinski definition) is 3. The van der Waals surface area contributed by atoms with Crippen molar-refractivity contribution in [3.63, 3.8) is 0 Å². The Labute approximate surface area is 124 Å². The van der Waals surface area contributed by atoms with Crippen LogP contribution in [0.4, 0.5) is 10.5 Å². The van der Waals surface area contributed by atoms with E-state index in [0.29, 0.717) is 18.0 Å². The zero-order valence-electron chi connectivity index (χ0n) is 12.2. The molecule has 0 aliphatic rings. The van der Waals surface area contributed by atoms with Crippen LogP contribution in [-0.2, 0) is 6.54 Å². The van der Waals surface area contributed by atoms with Crippen molar-refractivity contribution >= 4 is 11.7 Å². The van der Waals surface area contributed by atoms with Crippen LogP contribution in [0, 0.1) is 0 Å². The van der Waals surface area contributed by atoms with Gasteiger partial charge in [0, 0.05) is 18.9 Å². The Kier molecular flexibility index (Phi) is 5.15. The number of hydrogen-bond donors (Lipinski definition) is 2. The van der Waals surface area contributed by atoms with Crippen LogP contribution in [0.5, 0.6) is 5.75 Å². The number of carbonyl (C=O) groups excluding carboxylic acids is 1.